The molecule has 0 radical (unpaired) electrons. The minimum absolute atomic E-state index is 0. The normalized spacial score (nSPS) is 11.2. The highest BCUT2D eigenvalue weighted by molar-refractivity contribution is 14.0. The van der Waals surface area contributed by atoms with Crippen LogP contribution in [0.3, 0.4) is 0 Å². The first-order valence-corrected chi connectivity index (χ1v) is 9.68. The molecule has 0 aliphatic carbocycles. The molecule has 0 bridgehead atoms. The van der Waals surface area contributed by atoms with Crippen molar-refractivity contribution < 1.29 is 4.42 Å². The first kappa shape index (κ1) is 23.0. The van der Waals surface area contributed by atoms with Crippen LogP contribution in [0.5, 0.6) is 0 Å². The number of oxazole rings is 1. The molecule has 2 heterocycles. The van der Waals surface area contributed by atoms with Crippen molar-refractivity contribution in [3.8, 4) is 11.5 Å². The van der Waals surface area contributed by atoms with Crippen molar-refractivity contribution in [2.45, 2.75) is 26.8 Å². The van der Waals surface area contributed by atoms with Gasteiger partial charge in [0.25, 0.3) is 0 Å². The van der Waals surface area contributed by atoms with Crippen LogP contribution in [0.25, 0.3) is 11.5 Å². The molecule has 156 valence electrons. The number of benzene rings is 1. The van der Waals surface area contributed by atoms with Crippen LogP contribution in [0.15, 0.2) is 58.3 Å². The van der Waals surface area contributed by atoms with Gasteiger partial charge in [-0.1, -0.05) is 17.7 Å². The molecular weight excluding hydrogens is 477 g/mol. The average Bonchev–Trinajstić information content (AvgIpc) is 3.31. The molecule has 0 aliphatic heterocycles. The van der Waals surface area contributed by atoms with Gasteiger partial charge in [-0.2, -0.15) is 0 Å². The number of guanidine groups is 1. The standard InChI is InChI=1S/C22H29N5O.HI/c1-5-23-22(27(4)15-20-7-6-14-26(20)3)24-13-12-19-16-28-21(25-19)18-10-8-17(2)9-11-18;/h6-11,14,16H,5,12-13,15H2,1-4H3,(H,23,24);1H. The Morgan fingerprint density at radius 2 is 2.00 bits per heavy atom. The number of rotatable bonds is 7. The lowest BCUT2D eigenvalue weighted by molar-refractivity contribution is 0.462. The van der Waals surface area contributed by atoms with E-state index in [-0.39, 0.29) is 24.0 Å². The molecule has 0 amide bonds. The molecule has 0 unspecified atom stereocenters. The number of nitrogens with one attached hydrogen (secondary N) is 1. The van der Waals surface area contributed by atoms with Crippen molar-refractivity contribution in [2.24, 2.45) is 12.0 Å². The van der Waals surface area contributed by atoms with E-state index in [1.807, 2.05) is 12.1 Å². The second-order valence-corrected chi connectivity index (χ2v) is 6.96. The summed E-state index contributed by atoms with van der Waals surface area (Å²) >= 11 is 0. The summed E-state index contributed by atoms with van der Waals surface area (Å²) in [5.41, 5.74) is 4.38. The SMILES string of the molecule is CCNC(=NCCc1coc(-c2ccc(C)cc2)n1)N(C)Cc1cccn1C.I. The Balaban J connectivity index is 0.00000300. The van der Waals surface area contributed by atoms with Crippen molar-refractivity contribution in [1.82, 2.24) is 19.8 Å². The van der Waals surface area contributed by atoms with Crippen LogP contribution < -0.4 is 5.32 Å². The molecule has 0 atom stereocenters. The van der Waals surface area contributed by atoms with Gasteiger partial charge >= 0.3 is 0 Å². The summed E-state index contributed by atoms with van der Waals surface area (Å²) < 4.78 is 7.77. The average molecular weight is 507 g/mol. The summed E-state index contributed by atoms with van der Waals surface area (Å²) in [6, 6.07) is 12.4. The second kappa shape index (κ2) is 11.0. The highest BCUT2D eigenvalue weighted by atomic mass is 127. The predicted molar refractivity (Wildman–Crippen MR) is 129 cm³/mol. The Labute approximate surface area is 190 Å². The third-order valence-electron chi connectivity index (χ3n) is 4.63. The maximum atomic E-state index is 5.64. The first-order chi connectivity index (χ1) is 13.6. The lowest BCUT2D eigenvalue weighted by Gasteiger charge is -2.22. The molecule has 3 rings (SSSR count). The second-order valence-electron chi connectivity index (χ2n) is 6.96. The van der Waals surface area contributed by atoms with Crippen LogP contribution in [-0.2, 0) is 20.0 Å². The number of aliphatic imine (C=N–C) groups is 1. The Hall–Kier alpha value is -2.29. The Kier molecular flexibility index (Phi) is 8.75. The van der Waals surface area contributed by atoms with E-state index in [2.05, 4.69) is 78.2 Å². The zero-order valence-electron chi connectivity index (χ0n) is 17.6. The van der Waals surface area contributed by atoms with Gasteiger partial charge in [0.1, 0.15) is 6.26 Å². The zero-order chi connectivity index (χ0) is 19.9. The maximum Gasteiger partial charge on any atom is 0.226 e. The molecule has 1 N–H and O–H groups in total. The molecule has 2 aromatic heterocycles. The van der Waals surface area contributed by atoms with Crippen molar-refractivity contribution in [3.05, 3.63) is 65.8 Å². The highest BCUT2D eigenvalue weighted by Gasteiger charge is 2.09. The largest absolute Gasteiger partial charge is 0.444 e. The fourth-order valence-electron chi connectivity index (χ4n) is 2.98. The van der Waals surface area contributed by atoms with Gasteiger partial charge in [0.15, 0.2) is 5.96 Å². The van der Waals surface area contributed by atoms with E-state index in [1.54, 1.807) is 6.26 Å². The summed E-state index contributed by atoms with van der Waals surface area (Å²) in [5, 5.41) is 3.36. The van der Waals surface area contributed by atoms with Gasteiger partial charge < -0.3 is 19.2 Å². The van der Waals surface area contributed by atoms with Crippen LogP contribution in [0.1, 0.15) is 23.9 Å². The molecule has 29 heavy (non-hydrogen) atoms. The molecule has 6 nitrogen and oxygen atoms in total. The van der Waals surface area contributed by atoms with E-state index in [9.17, 15) is 0 Å². The quantitative estimate of drug-likeness (QED) is 0.295. The number of hydrogen-bond acceptors (Lipinski definition) is 3. The summed E-state index contributed by atoms with van der Waals surface area (Å²) in [4.78, 5) is 11.5. The van der Waals surface area contributed by atoms with Crippen molar-refractivity contribution in [2.75, 3.05) is 20.1 Å². The monoisotopic (exact) mass is 507 g/mol. The van der Waals surface area contributed by atoms with Crippen molar-refractivity contribution in [3.63, 3.8) is 0 Å². The Bertz CT molecular complexity index is 913. The molecule has 1 aromatic carbocycles. The van der Waals surface area contributed by atoms with Gasteiger partial charge in [-0.05, 0) is 38.1 Å². The minimum atomic E-state index is 0. The molecule has 0 saturated heterocycles. The summed E-state index contributed by atoms with van der Waals surface area (Å²) in [6.45, 7) is 6.44. The van der Waals surface area contributed by atoms with Crippen LogP contribution in [-0.4, -0.2) is 40.5 Å². The van der Waals surface area contributed by atoms with E-state index >= 15 is 0 Å². The Morgan fingerprint density at radius 3 is 2.66 bits per heavy atom. The topological polar surface area (TPSA) is 58.6 Å². The fourth-order valence-corrected chi connectivity index (χ4v) is 2.98. The van der Waals surface area contributed by atoms with Crippen LogP contribution in [0, 0.1) is 6.92 Å². The first-order valence-electron chi connectivity index (χ1n) is 9.68. The number of hydrogen-bond donors (Lipinski definition) is 1. The molecular formula is C22H30IN5O. The lowest BCUT2D eigenvalue weighted by atomic mass is 10.1. The van der Waals surface area contributed by atoms with Crippen molar-refractivity contribution >= 4 is 29.9 Å². The highest BCUT2D eigenvalue weighted by Crippen LogP contribution is 2.19. The minimum Gasteiger partial charge on any atom is -0.444 e. The van der Waals surface area contributed by atoms with Crippen LogP contribution in [0.2, 0.25) is 0 Å². The summed E-state index contributed by atoms with van der Waals surface area (Å²) in [6.07, 6.45) is 4.52. The number of aryl methyl sites for hydroxylation is 2. The van der Waals surface area contributed by atoms with E-state index in [0.717, 1.165) is 36.7 Å². The third kappa shape index (κ3) is 6.35. The zero-order valence-corrected chi connectivity index (χ0v) is 19.9. The number of halogens is 1. The third-order valence-corrected chi connectivity index (χ3v) is 4.63. The number of nitrogens with zero attached hydrogens (tertiary/aromatic N) is 4. The fraction of sp³-hybridized carbons (Fsp3) is 0.364. The van der Waals surface area contributed by atoms with Crippen LogP contribution >= 0.6 is 24.0 Å². The predicted octanol–water partition coefficient (Wildman–Crippen LogP) is 4.25. The van der Waals surface area contributed by atoms with Crippen molar-refractivity contribution in [1.29, 1.82) is 0 Å². The van der Waals surface area contributed by atoms with E-state index in [0.29, 0.717) is 12.4 Å². The lowest BCUT2D eigenvalue weighted by Crippen LogP contribution is -2.39. The maximum absolute atomic E-state index is 5.64. The summed E-state index contributed by atoms with van der Waals surface area (Å²) in [5.74, 6) is 1.55. The van der Waals surface area contributed by atoms with Gasteiger partial charge in [-0.3, -0.25) is 4.99 Å². The summed E-state index contributed by atoms with van der Waals surface area (Å²) in [7, 11) is 4.11. The van der Waals surface area contributed by atoms with E-state index in [4.69, 9.17) is 9.41 Å². The smallest absolute Gasteiger partial charge is 0.226 e. The molecule has 7 heteroatoms. The molecule has 0 saturated carbocycles. The molecule has 0 fully saturated rings. The van der Waals surface area contributed by atoms with Gasteiger partial charge in [0, 0.05) is 51.1 Å². The Morgan fingerprint density at radius 1 is 1.24 bits per heavy atom. The molecule has 0 spiro atoms. The van der Waals surface area contributed by atoms with Gasteiger partial charge in [-0.25, -0.2) is 4.98 Å². The number of aromatic nitrogens is 2. The van der Waals surface area contributed by atoms with Gasteiger partial charge in [-0.15, -0.1) is 24.0 Å². The van der Waals surface area contributed by atoms with Gasteiger partial charge in [0.05, 0.1) is 12.2 Å². The molecule has 0 aliphatic rings. The van der Waals surface area contributed by atoms with Gasteiger partial charge in [0.2, 0.25) is 5.89 Å². The molecule has 3 aromatic rings. The van der Waals surface area contributed by atoms with E-state index in [1.165, 1.54) is 11.3 Å². The van der Waals surface area contributed by atoms with E-state index < -0.39 is 0 Å². The van der Waals surface area contributed by atoms with Crippen LogP contribution in [0.4, 0.5) is 0 Å².